The average Bonchev–Trinajstić information content (AvgIpc) is 2.45. The van der Waals surface area contributed by atoms with Gasteiger partial charge < -0.3 is 5.32 Å². The molecule has 4 nitrogen and oxygen atoms in total. The maximum atomic E-state index is 12.3. The van der Waals surface area contributed by atoms with Gasteiger partial charge in [0.05, 0.1) is 4.90 Å². The lowest BCUT2D eigenvalue weighted by atomic mass is 10.1. The van der Waals surface area contributed by atoms with E-state index < -0.39 is 10.0 Å². The summed E-state index contributed by atoms with van der Waals surface area (Å²) in [6.45, 7) is 8.96. The van der Waals surface area contributed by atoms with Crippen LogP contribution in [0.15, 0.2) is 29.2 Å². The van der Waals surface area contributed by atoms with Crippen molar-refractivity contribution >= 4 is 21.8 Å². The van der Waals surface area contributed by atoms with Crippen LogP contribution in [0.5, 0.6) is 0 Å². The summed E-state index contributed by atoms with van der Waals surface area (Å²) in [4.78, 5) is 0.322. The predicted molar refractivity (Wildman–Crippen MR) is 91.3 cm³/mol. The summed E-state index contributed by atoms with van der Waals surface area (Å²) in [5.74, 6) is 1.77. The van der Waals surface area contributed by atoms with Gasteiger partial charge in [-0.15, -0.1) is 0 Å². The topological polar surface area (TPSA) is 58.2 Å². The molecule has 0 heterocycles. The van der Waals surface area contributed by atoms with Crippen LogP contribution in [-0.4, -0.2) is 32.5 Å². The zero-order valence-electron chi connectivity index (χ0n) is 13.2. The van der Waals surface area contributed by atoms with Crippen molar-refractivity contribution in [2.75, 3.05) is 18.1 Å². The van der Waals surface area contributed by atoms with Crippen molar-refractivity contribution in [3.63, 3.8) is 0 Å². The minimum atomic E-state index is -3.43. The molecular formula is C15H26N2O2S2. The molecule has 0 aliphatic carbocycles. The molecule has 0 aliphatic heterocycles. The summed E-state index contributed by atoms with van der Waals surface area (Å²) in [6, 6.07) is 7.23. The van der Waals surface area contributed by atoms with Crippen molar-refractivity contribution in [2.24, 2.45) is 0 Å². The second-order valence-corrected chi connectivity index (χ2v) is 8.06. The van der Waals surface area contributed by atoms with Gasteiger partial charge in [0.2, 0.25) is 10.0 Å². The summed E-state index contributed by atoms with van der Waals surface area (Å²) < 4.78 is 27.3. The molecular weight excluding hydrogens is 304 g/mol. The molecule has 0 saturated heterocycles. The molecule has 1 aromatic carbocycles. The second-order valence-electron chi connectivity index (χ2n) is 5.03. The fourth-order valence-electron chi connectivity index (χ4n) is 2.02. The van der Waals surface area contributed by atoms with Crippen LogP contribution in [0.4, 0.5) is 0 Å². The number of hydrogen-bond acceptors (Lipinski definition) is 4. The standard InChI is InChI=1S/C15H26N2O2S2/c1-5-16-13(4)14-7-9-15(10-8-14)21(18,19)17-12(3)11-20-6-2/h7-10,12-13,16-17H,5-6,11H2,1-4H3. The van der Waals surface area contributed by atoms with Crippen LogP contribution in [0.2, 0.25) is 0 Å². The fourth-order valence-corrected chi connectivity index (χ4v) is 4.04. The molecule has 2 N–H and O–H groups in total. The van der Waals surface area contributed by atoms with Gasteiger partial charge in [-0.05, 0) is 43.8 Å². The summed E-state index contributed by atoms with van der Waals surface area (Å²) in [6.07, 6.45) is 0. The number of rotatable bonds is 9. The van der Waals surface area contributed by atoms with Crippen molar-refractivity contribution in [3.05, 3.63) is 29.8 Å². The molecule has 0 saturated carbocycles. The van der Waals surface area contributed by atoms with Crippen LogP contribution in [0.1, 0.15) is 39.3 Å². The highest BCUT2D eigenvalue weighted by atomic mass is 32.2. The number of hydrogen-bond donors (Lipinski definition) is 2. The van der Waals surface area contributed by atoms with Crippen molar-refractivity contribution in [1.29, 1.82) is 0 Å². The maximum Gasteiger partial charge on any atom is 0.240 e. The van der Waals surface area contributed by atoms with E-state index >= 15 is 0 Å². The third kappa shape index (κ3) is 5.98. The first-order valence-electron chi connectivity index (χ1n) is 7.34. The molecule has 0 bridgehead atoms. The summed E-state index contributed by atoms with van der Waals surface area (Å²) in [7, 11) is -3.43. The van der Waals surface area contributed by atoms with Crippen LogP contribution in [0.25, 0.3) is 0 Å². The first-order valence-corrected chi connectivity index (χ1v) is 9.97. The number of thioether (sulfide) groups is 1. The summed E-state index contributed by atoms with van der Waals surface area (Å²) >= 11 is 1.73. The van der Waals surface area contributed by atoms with Gasteiger partial charge in [-0.2, -0.15) is 11.8 Å². The van der Waals surface area contributed by atoms with Crippen molar-refractivity contribution in [3.8, 4) is 0 Å². The Morgan fingerprint density at radius 2 is 1.76 bits per heavy atom. The minimum Gasteiger partial charge on any atom is -0.310 e. The molecule has 1 rings (SSSR count). The molecule has 0 fully saturated rings. The SMILES string of the molecule is CCNC(C)c1ccc(S(=O)(=O)NC(C)CSCC)cc1. The normalized spacial score (nSPS) is 14.9. The number of benzene rings is 1. The molecule has 1 aromatic rings. The van der Waals surface area contributed by atoms with Gasteiger partial charge in [-0.3, -0.25) is 0 Å². The van der Waals surface area contributed by atoms with E-state index in [1.807, 2.05) is 19.1 Å². The Kier molecular flexibility index (Phi) is 7.73. The van der Waals surface area contributed by atoms with E-state index in [-0.39, 0.29) is 12.1 Å². The Morgan fingerprint density at radius 3 is 2.29 bits per heavy atom. The quantitative estimate of drug-likeness (QED) is 0.731. The molecule has 0 aliphatic rings. The van der Waals surface area contributed by atoms with E-state index in [0.29, 0.717) is 4.90 Å². The predicted octanol–water partition coefficient (Wildman–Crippen LogP) is 2.78. The second kappa shape index (κ2) is 8.78. The highest BCUT2D eigenvalue weighted by Gasteiger charge is 2.17. The summed E-state index contributed by atoms with van der Waals surface area (Å²) in [5.41, 5.74) is 1.09. The van der Waals surface area contributed by atoms with E-state index in [9.17, 15) is 8.42 Å². The molecule has 0 radical (unpaired) electrons. The van der Waals surface area contributed by atoms with Crippen LogP contribution < -0.4 is 10.0 Å². The van der Waals surface area contributed by atoms with Gasteiger partial charge in [0.15, 0.2) is 0 Å². The largest absolute Gasteiger partial charge is 0.310 e. The van der Waals surface area contributed by atoms with Gasteiger partial charge in [-0.1, -0.05) is 26.0 Å². The van der Waals surface area contributed by atoms with Gasteiger partial charge >= 0.3 is 0 Å². The third-order valence-electron chi connectivity index (χ3n) is 3.13. The third-order valence-corrected chi connectivity index (χ3v) is 5.88. The maximum absolute atomic E-state index is 12.3. The molecule has 2 unspecified atom stereocenters. The van der Waals surface area contributed by atoms with Gasteiger partial charge in [0.25, 0.3) is 0 Å². The van der Waals surface area contributed by atoms with Gasteiger partial charge in [-0.25, -0.2) is 13.1 Å². The van der Waals surface area contributed by atoms with Crippen molar-refractivity contribution < 1.29 is 8.42 Å². The Bertz CT molecular complexity index is 515. The molecule has 120 valence electrons. The molecule has 0 amide bonds. The smallest absolute Gasteiger partial charge is 0.240 e. The lowest BCUT2D eigenvalue weighted by Gasteiger charge is -2.15. The first-order chi connectivity index (χ1) is 9.90. The zero-order valence-corrected chi connectivity index (χ0v) is 14.9. The first kappa shape index (κ1) is 18.5. The van der Waals surface area contributed by atoms with Crippen LogP contribution in [0, 0.1) is 0 Å². The van der Waals surface area contributed by atoms with Crippen LogP contribution in [-0.2, 0) is 10.0 Å². The van der Waals surface area contributed by atoms with E-state index in [1.54, 1.807) is 23.9 Å². The molecule has 0 aromatic heterocycles. The van der Waals surface area contributed by atoms with E-state index in [4.69, 9.17) is 0 Å². The Hall–Kier alpha value is -0.560. The number of sulfonamides is 1. The molecule has 21 heavy (non-hydrogen) atoms. The Labute approximate surface area is 133 Å². The van der Waals surface area contributed by atoms with Crippen LogP contribution >= 0.6 is 11.8 Å². The molecule has 2 atom stereocenters. The highest BCUT2D eigenvalue weighted by molar-refractivity contribution is 7.99. The summed E-state index contributed by atoms with van der Waals surface area (Å²) in [5, 5.41) is 3.31. The Balaban J connectivity index is 2.75. The van der Waals surface area contributed by atoms with Gasteiger partial charge in [0.1, 0.15) is 0 Å². The van der Waals surface area contributed by atoms with Crippen molar-refractivity contribution in [2.45, 2.75) is 44.7 Å². The lowest BCUT2D eigenvalue weighted by molar-refractivity contribution is 0.570. The number of nitrogens with one attached hydrogen (secondary N) is 2. The van der Waals surface area contributed by atoms with Crippen molar-refractivity contribution in [1.82, 2.24) is 10.0 Å². The highest BCUT2D eigenvalue weighted by Crippen LogP contribution is 2.16. The molecule has 0 spiro atoms. The molecule has 6 heteroatoms. The Morgan fingerprint density at radius 1 is 1.14 bits per heavy atom. The van der Waals surface area contributed by atoms with Gasteiger partial charge in [0, 0.05) is 17.8 Å². The average molecular weight is 331 g/mol. The van der Waals surface area contributed by atoms with E-state index in [2.05, 4.69) is 30.8 Å². The van der Waals surface area contributed by atoms with Crippen LogP contribution in [0.3, 0.4) is 0 Å². The zero-order chi connectivity index (χ0) is 15.9. The lowest BCUT2D eigenvalue weighted by Crippen LogP contribution is -2.34. The fraction of sp³-hybridized carbons (Fsp3) is 0.600. The van der Waals surface area contributed by atoms with E-state index in [0.717, 1.165) is 23.6 Å². The minimum absolute atomic E-state index is 0.0692. The monoisotopic (exact) mass is 330 g/mol. The van der Waals surface area contributed by atoms with E-state index in [1.165, 1.54) is 0 Å².